The Kier molecular flexibility index (Phi) is 6.27. The molecule has 2 heterocycles. The van der Waals surface area contributed by atoms with E-state index in [1.54, 1.807) is 18.7 Å². The Bertz CT molecular complexity index is 599. The lowest BCUT2D eigenvalue weighted by molar-refractivity contribution is -0.168. The van der Waals surface area contributed by atoms with Crippen LogP contribution >= 0.6 is 0 Å². The fourth-order valence-electron chi connectivity index (χ4n) is 2.88. The van der Waals surface area contributed by atoms with Crippen LogP contribution in [-0.4, -0.2) is 65.2 Å². The van der Waals surface area contributed by atoms with Gasteiger partial charge in [0.15, 0.2) is 0 Å². The molecule has 0 aromatic heterocycles. The number of nitroso groups, excluding NO2 is 2. The van der Waals surface area contributed by atoms with Crippen LogP contribution in [0.4, 0.5) is 0 Å². The standard InChI is InChI=1S/C13H20N10O2/c1-10(3-14)5-16-17-12(11(2)4-15)13-21-6-20(8-23(13)19-25)7-22(9-21)18-24/h10-13H,5-9H2,1-2H3. The lowest BCUT2D eigenvalue weighted by atomic mass is 10.00. The second-order valence-electron chi connectivity index (χ2n) is 6.23. The highest BCUT2D eigenvalue weighted by molar-refractivity contribution is 4.97. The molecule has 2 bridgehead atoms. The first-order valence-electron chi connectivity index (χ1n) is 7.84. The molecule has 6 unspecified atom stereocenters. The van der Waals surface area contributed by atoms with Crippen LogP contribution in [0.1, 0.15) is 13.8 Å². The van der Waals surface area contributed by atoms with Crippen LogP contribution in [-0.2, 0) is 0 Å². The maximum absolute atomic E-state index is 11.3. The summed E-state index contributed by atoms with van der Waals surface area (Å²) in [5.74, 6) is -0.838. The topological polar surface area (TPSA) is 144 Å². The van der Waals surface area contributed by atoms with Crippen molar-refractivity contribution < 1.29 is 0 Å². The summed E-state index contributed by atoms with van der Waals surface area (Å²) in [6.07, 6.45) is -0.617. The minimum atomic E-state index is -0.651. The van der Waals surface area contributed by atoms with Crippen LogP contribution in [0.25, 0.3) is 0 Å². The highest BCUT2D eigenvalue weighted by atomic mass is 16.3. The molecule has 2 aliphatic rings. The van der Waals surface area contributed by atoms with Gasteiger partial charge in [-0.25, -0.2) is 14.9 Å². The number of nitrogens with zero attached hydrogens (tertiary/aromatic N) is 10. The average Bonchev–Trinajstić information content (AvgIpc) is 2.64. The van der Waals surface area contributed by atoms with Gasteiger partial charge >= 0.3 is 0 Å². The zero-order valence-electron chi connectivity index (χ0n) is 14.1. The van der Waals surface area contributed by atoms with Gasteiger partial charge in [-0.2, -0.15) is 20.8 Å². The van der Waals surface area contributed by atoms with Crippen LogP contribution in [0, 0.1) is 44.3 Å². The molecule has 0 aliphatic carbocycles. The summed E-state index contributed by atoms with van der Waals surface area (Å²) in [6, 6.07) is 3.54. The van der Waals surface area contributed by atoms with Gasteiger partial charge in [0.05, 0.1) is 67.8 Å². The molecule has 2 aliphatic heterocycles. The van der Waals surface area contributed by atoms with E-state index in [4.69, 9.17) is 5.26 Å². The molecule has 2 rings (SSSR count). The van der Waals surface area contributed by atoms with E-state index in [0.717, 1.165) is 0 Å². The minimum Gasteiger partial charge on any atom is -0.252 e. The Balaban J connectivity index is 2.25. The Morgan fingerprint density at radius 1 is 1.08 bits per heavy atom. The van der Waals surface area contributed by atoms with E-state index in [2.05, 4.69) is 32.9 Å². The van der Waals surface area contributed by atoms with Gasteiger partial charge in [-0.1, -0.05) is 0 Å². The Morgan fingerprint density at radius 2 is 1.84 bits per heavy atom. The lowest BCUT2D eigenvalue weighted by Gasteiger charge is -2.51. The van der Waals surface area contributed by atoms with Crippen molar-refractivity contribution in [1.29, 1.82) is 10.5 Å². The molecular formula is C13H20N10O2. The minimum absolute atomic E-state index is 0.204. The number of nitriles is 2. The lowest BCUT2D eigenvalue weighted by Crippen LogP contribution is -2.69. The van der Waals surface area contributed by atoms with Crippen LogP contribution in [0.15, 0.2) is 20.8 Å². The predicted molar refractivity (Wildman–Crippen MR) is 85.3 cm³/mol. The maximum atomic E-state index is 11.3. The zero-order chi connectivity index (χ0) is 18.4. The molecule has 0 amide bonds. The second-order valence-corrected chi connectivity index (χ2v) is 6.23. The number of hydrogen-bond donors (Lipinski definition) is 0. The number of rotatable bonds is 7. The largest absolute Gasteiger partial charge is 0.252 e. The fraction of sp³-hybridized carbons (Fsp3) is 0.846. The predicted octanol–water partition coefficient (Wildman–Crippen LogP) is 0.881. The van der Waals surface area contributed by atoms with Crippen molar-refractivity contribution in [2.45, 2.75) is 26.1 Å². The molecule has 12 heteroatoms. The van der Waals surface area contributed by atoms with Gasteiger partial charge < -0.3 is 0 Å². The third-order valence-electron chi connectivity index (χ3n) is 4.15. The van der Waals surface area contributed by atoms with Crippen molar-refractivity contribution in [2.75, 3.05) is 33.2 Å². The summed E-state index contributed by atoms with van der Waals surface area (Å²) >= 11 is 0. The molecule has 6 atom stereocenters. The Labute approximate surface area is 145 Å². The monoisotopic (exact) mass is 348 g/mol. The molecule has 0 radical (unpaired) electrons. The highest BCUT2D eigenvalue weighted by Crippen LogP contribution is 2.27. The van der Waals surface area contributed by atoms with E-state index in [-0.39, 0.29) is 25.8 Å². The van der Waals surface area contributed by atoms with Gasteiger partial charge in [-0.3, -0.25) is 4.90 Å². The van der Waals surface area contributed by atoms with Gasteiger partial charge in [0, 0.05) is 0 Å². The molecule has 0 N–H and O–H groups in total. The molecule has 2 fully saturated rings. The van der Waals surface area contributed by atoms with Gasteiger partial charge in [0.2, 0.25) is 0 Å². The van der Waals surface area contributed by atoms with E-state index >= 15 is 0 Å². The summed E-state index contributed by atoms with van der Waals surface area (Å²) < 4.78 is 0. The summed E-state index contributed by atoms with van der Waals surface area (Å²) in [5.41, 5.74) is 0. The van der Waals surface area contributed by atoms with Gasteiger partial charge in [0.25, 0.3) is 0 Å². The zero-order valence-corrected chi connectivity index (χ0v) is 14.1. The molecule has 0 aromatic rings. The van der Waals surface area contributed by atoms with Gasteiger partial charge in [-0.05, 0) is 13.8 Å². The number of azo groups is 1. The normalized spacial score (nSPS) is 29.4. The van der Waals surface area contributed by atoms with Crippen molar-refractivity contribution in [2.24, 2.45) is 32.6 Å². The number of fused-ring (bicyclic) bond motifs is 2. The first kappa shape index (κ1) is 18.6. The van der Waals surface area contributed by atoms with E-state index < -0.39 is 18.1 Å². The number of hydrogen-bond acceptors (Lipinski definition) is 10. The Morgan fingerprint density at radius 3 is 2.44 bits per heavy atom. The van der Waals surface area contributed by atoms with Crippen molar-refractivity contribution >= 4 is 0 Å². The van der Waals surface area contributed by atoms with Crippen LogP contribution < -0.4 is 0 Å². The summed E-state index contributed by atoms with van der Waals surface area (Å²) in [5, 5.41) is 35.1. The highest BCUT2D eigenvalue weighted by Gasteiger charge is 2.44. The van der Waals surface area contributed by atoms with Gasteiger partial charge in [-0.15, -0.1) is 9.81 Å². The van der Waals surface area contributed by atoms with E-state index in [9.17, 15) is 15.1 Å². The Hall–Kier alpha value is -2.70. The van der Waals surface area contributed by atoms with E-state index in [1.807, 2.05) is 4.90 Å². The smallest absolute Gasteiger partial charge is 0.132 e. The van der Waals surface area contributed by atoms with Crippen LogP contribution in [0.5, 0.6) is 0 Å². The molecule has 134 valence electrons. The van der Waals surface area contributed by atoms with Crippen molar-refractivity contribution in [3.8, 4) is 12.1 Å². The molecule has 2 saturated heterocycles. The molecule has 0 spiro atoms. The molecule has 12 nitrogen and oxygen atoms in total. The van der Waals surface area contributed by atoms with Crippen molar-refractivity contribution in [1.82, 2.24) is 19.8 Å². The van der Waals surface area contributed by atoms with E-state index in [0.29, 0.717) is 13.3 Å². The first-order chi connectivity index (χ1) is 12.0. The summed E-state index contributed by atoms with van der Waals surface area (Å²) in [7, 11) is 0. The summed E-state index contributed by atoms with van der Waals surface area (Å²) in [4.78, 5) is 25.8. The molecular weight excluding hydrogens is 328 g/mol. The molecule has 0 aromatic carbocycles. The molecule has 0 saturated carbocycles. The molecule has 25 heavy (non-hydrogen) atoms. The summed E-state index contributed by atoms with van der Waals surface area (Å²) in [6.45, 7) is 4.83. The third kappa shape index (κ3) is 4.23. The first-order valence-corrected chi connectivity index (χ1v) is 7.84. The van der Waals surface area contributed by atoms with Crippen molar-refractivity contribution in [3.05, 3.63) is 9.81 Å². The maximum Gasteiger partial charge on any atom is 0.132 e. The van der Waals surface area contributed by atoms with Crippen molar-refractivity contribution in [3.63, 3.8) is 0 Å². The SMILES string of the molecule is CC(C#N)CN=NC(C(C)C#N)C1N2CN(CN(N=O)C2)CN1N=O. The quantitative estimate of drug-likeness (QED) is 0.487. The van der Waals surface area contributed by atoms with Gasteiger partial charge in [0.1, 0.15) is 12.2 Å². The third-order valence-corrected chi connectivity index (χ3v) is 4.15. The van der Waals surface area contributed by atoms with Crippen LogP contribution in [0.2, 0.25) is 0 Å². The average molecular weight is 348 g/mol. The second kappa shape index (κ2) is 8.41. The van der Waals surface area contributed by atoms with Crippen LogP contribution in [0.3, 0.4) is 0 Å². The fourth-order valence-corrected chi connectivity index (χ4v) is 2.88. The van der Waals surface area contributed by atoms with E-state index in [1.165, 1.54) is 10.0 Å².